The summed E-state index contributed by atoms with van der Waals surface area (Å²) in [5.74, 6) is -0.552. The molecule has 0 spiro atoms. The van der Waals surface area contributed by atoms with Crippen LogP contribution in [0.5, 0.6) is 5.75 Å². The molecule has 2 heterocycles. The fourth-order valence-corrected chi connectivity index (χ4v) is 5.93. The van der Waals surface area contributed by atoms with Crippen molar-refractivity contribution >= 4 is 24.4 Å². The van der Waals surface area contributed by atoms with Gasteiger partial charge in [0.1, 0.15) is 17.9 Å². The molecular weight excluding hydrogens is 554 g/mol. The van der Waals surface area contributed by atoms with Gasteiger partial charge in [0.05, 0.1) is 12.7 Å². The minimum absolute atomic E-state index is 0.174. The molecule has 16 heteroatoms. The number of carbonyl (C=O) groups excluding carboxylic acids is 1. The summed E-state index contributed by atoms with van der Waals surface area (Å²) in [5, 5.41) is 13.2. The molecule has 1 unspecified atom stereocenters. The Labute approximate surface area is 220 Å². The number of hydrogen-bond donors (Lipinski definition) is 3. The molecule has 1 aliphatic heterocycles. The molecule has 2 aromatic rings. The number of esters is 1. The lowest BCUT2D eigenvalue weighted by Crippen LogP contribution is -2.52. The first-order valence-electron chi connectivity index (χ1n) is 11.3. The van der Waals surface area contributed by atoms with Gasteiger partial charge in [0.15, 0.2) is 18.0 Å². The van der Waals surface area contributed by atoms with Gasteiger partial charge in [-0.2, -0.15) is 0 Å². The Balaban J connectivity index is 1.90. The fourth-order valence-electron chi connectivity index (χ4n) is 3.51. The zero-order chi connectivity index (χ0) is 28.3. The lowest BCUT2D eigenvalue weighted by atomic mass is 9.97. The maximum Gasteiger partial charge on any atom is 0.330 e. The van der Waals surface area contributed by atoms with Gasteiger partial charge < -0.3 is 23.6 Å². The van der Waals surface area contributed by atoms with Crippen LogP contribution in [0.1, 0.15) is 27.0 Å². The van der Waals surface area contributed by atoms with Crippen LogP contribution in [0.4, 0.5) is 13.2 Å². The number of aliphatic hydroxyl groups excluding tert-OH is 1. The number of aromatic amines is 1. The maximum atomic E-state index is 15.1. The van der Waals surface area contributed by atoms with Gasteiger partial charge in [0.2, 0.25) is 0 Å². The average Bonchev–Trinajstić information content (AvgIpc) is 3.09. The predicted octanol–water partition coefficient (Wildman–Crippen LogP) is 2.02. The summed E-state index contributed by atoms with van der Waals surface area (Å²) >= 11 is 5.47. The van der Waals surface area contributed by atoms with Gasteiger partial charge in [-0.25, -0.2) is 23.1 Å². The van der Waals surface area contributed by atoms with E-state index in [0.717, 1.165) is 12.3 Å². The van der Waals surface area contributed by atoms with E-state index >= 15 is 4.39 Å². The molecule has 210 valence electrons. The summed E-state index contributed by atoms with van der Waals surface area (Å²) in [6, 6.07) is 7.66. The molecule has 0 amide bonds. The molecule has 38 heavy (non-hydrogen) atoms. The van der Waals surface area contributed by atoms with Crippen molar-refractivity contribution in [2.45, 2.75) is 63.4 Å². The van der Waals surface area contributed by atoms with Gasteiger partial charge in [-0.15, -0.1) is 0 Å². The van der Waals surface area contributed by atoms with E-state index in [-0.39, 0.29) is 5.75 Å². The van der Waals surface area contributed by atoms with Crippen LogP contribution in [-0.4, -0.2) is 63.7 Å². The number of rotatable bonds is 11. The highest BCUT2D eigenvalue weighted by molar-refractivity contribution is 8.09. The average molecular weight is 582 g/mol. The van der Waals surface area contributed by atoms with Crippen molar-refractivity contribution in [2.24, 2.45) is 0 Å². The SMILES string of the molecule is CC(C)OC(=O)[C@H](C)NP(=S)(OC[C@@]1(C(F)F)O[C@@H](n2ccc(=O)[nH]c2=O)[C@@H](F)[C@@H]1O)Oc1ccccc1. The zero-order valence-corrected chi connectivity index (χ0v) is 22.2. The Kier molecular flexibility index (Phi) is 9.55. The number of hydrogen-bond acceptors (Lipinski definition) is 9. The molecule has 6 atom stereocenters. The Morgan fingerprint density at radius 1 is 1.26 bits per heavy atom. The number of aromatic nitrogens is 2. The van der Waals surface area contributed by atoms with E-state index in [9.17, 15) is 28.3 Å². The van der Waals surface area contributed by atoms with Gasteiger partial charge in [0.25, 0.3) is 12.0 Å². The third-order valence-electron chi connectivity index (χ3n) is 5.40. The van der Waals surface area contributed by atoms with E-state index in [0.29, 0.717) is 4.57 Å². The normalized spacial score (nSPS) is 25.8. The molecular formula is C22H27F3N3O8PS. The Hall–Kier alpha value is -2.55. The summed E-state index contributed by atoms with van der Waals surface area (Å²) in [6.07, 6.45) is -10.2. The monoisotopic (exact) mass is 581 g/mol. The van der Waals surface area contributed by atoms with E-state index in [1.54, 1.807) is 32.0 Å². The van der Waals surface area contributed by atoms with Crippen LogP contribution >= 0.6 is 6.64 Å². The number of alkyl halides is 3. The number of nitrogens with zero attached hydrogens (tertiary/aromatic N) is 1. The first kappa shape index (κ1) is 30.0. The van der Waals surface area contributed by atoms with Crippen molar-refractivity contribution < 1.29 is 41.6 Å². The number of aliphatic hydroxyl groups is 1. The van der Waals surface area contributed by atoms with Gasteiger partial charge >= 0.3 is 18.3 Å². The van der Waals surface area contributed by atoms with Crippen LogP contribution in [-0.2, 0) is 30.6 Å². The second-order valence-corrected chi connectivity index (χ2v) is 11.8. The third kappa shape index (κ3) is 6.71. The molecule has 0 bridgehead atoms. The van der Waals surface area contributed by atoms with Crippen LogP contribution in [0.15, 0.2) is 52.2 Å². The number of nitrogens with one attached hydrogen (secondary N) is 2. The molecule has 0 saturated carbocycles. The highest BCUT2D eigenvalue weighted by Gasteiger charge is 2.62. The molecule has 1 aliphatic rings. The lowest BCUT2D eigenvalue weighted by molar-refractivity contribution is -0.192. The molecule has 3 rings (SSSR count). The molecule has 0 aliphatic carbocycles. The van der Waals surface area contributed by atoms with E-state index in [2.05, 4.69) is 5.09 Å². The number of para-hydroxylation sites is 1. The van der Waals surface area contributed by atoms with Crippen LogP contribution in [0.2, 0.25) is 0 Å². The van der Waals surface area contributed by atoms with E-state index in [1.807, 2.05) is 4.98 Å². The highest BCUT2D eigenvalue weighted by Crippen LogP contribution is 2.49. The largest absolute Gasteiger partial charge is 0.462 e. The first-order chi connectivity index (χ1) is 17.8. The van der Waals surface area contributed by atoms with Crippen molar-refractivity contribution in [3.05, 3.63) is 63.4 Å². The molecule has 3 N–H and O–H groups in total. The Morgan fingerprint density at radius 3 is 2.50 bits per heavy atom. The number of benzene rings is 1. The van der Waals surface area contributed by atoms with Gasteiger partial charge in [0, 0.05) is 12.3 Å². The zero-order valence-electron chi connectivity index (χ0n) is 20.5. The summed E-state index contributed by atoms with van der Waals surface area (Å²) in [5.41, 5.74) is -4.94. The maximum absolute atomic E-state index is 15.1. The minimum Gasteiger partial charge on any atom is -0.462 e. The summed E-state index contributed by atoms with van der Waals surface area (Å²) < 4.78 is 66.0. The molecule has 1 saturated heterocycles. The molecule has 1 aromatic heterocycles. The van der Waals surface area contributed by atoms with Crippen molar-refractivity contribution in [3.63, 3.8) is 0 Å². The third-order valence-corrected chi connectivity index (χ3v) is 7.88. The van der Waals surface area contributed by atoms with E-state index in [1.165, 1.54) is 19.1 Å². The van der Waals surface area contributed by atoms with Gasteiger partial charge in [-0.05, 0) is 44.7 Å². The lowest BCUT2D eigenvalue weighted by Gasteiger charge is -2.34. The second-order valence-electron chi connectivity index (χ2n) is 8.68. The number of ether oxygens (including phenoxy) is 2. The van der Waals surface area contributed by atoms with Crippen molar-refractivity contribution in [1.82, 2.24) is 14.6 Å². The van der Waals surface area contributed by atoms with E-state index < -0.39 is 73.1 Å². The number of H-pyrrole nitrogens is 1. The van der Waals surface area contributed by atoms with E-state index in [4.69, 9.17) is 30.3 Å². The second kappa shape index (κ2) is 12.1. The molecule has 0 radical (unpaired) electrons. The summed E-state index contributed by atoms with van der Waals surface area (Å²) in [4.78, 5) is 37.7. The predicted molar refractivity (Wildman–Crippen MR) is 132 cm³/mol. The van der Waals surface area contributed by atoms with Gasteiger partial charge in [-0.1, -0.05) is 18.2 Å². The number of halogens is 3. The Bertz CT molecular complexity index is 1280. The van der Waals surface area contributed by atoms with Crippen molar-refractivity contribution in [3.8, 4) is 5.75 Å². The highest BCUT2D eigenvalue weighted by atomic mass is 32.5. The number of carbonyl (C=O) groups is 1. The van der Waals surface area contributed by atoms with Crippen LogP contribution in [0.3, 0.4) is 0 Å². The molecule has 1 fully saturated rings. The van der Waals surface area contributed by atoms with Crippen molar-refractivity contribution in [2.75, 3.05) is 6.61 Å². The quantitative estimate of drug-likeness (QED) is 0.267. The first-order valence-corrected chi connectivity index (χ1v) is 14.0. The smallest absolute Gasteiger partial charge is 0.330 e. The molecule has 11 nitrogen and oxygen atoms in total. The van der Waals surface area contributed by atoms with Gasteiger partial charge in [-0.3, -0.25) is 19.1 Å². The van der Waals surface area contributed by atoms with Crippen LogP contribution < -0.4 is 20.9 Å². The standard InChI is InChI=1S/C22H27F3N3O8PS/c1-12(2)34-19(31)13(3)27-37(38,36-14-7-5-4-6-8-14)33-11-22(20(24)25)17(30)16(23)18(35-22)28-10-9-15(29)26-21(28)32/h4-10,12-13,16-18,20,30H,11H2,1-3H3,(H,27,38)(H,26,29,32)/t13-,16-,17-,18+,22+,37?/m0/s1. The van der Waals surface area contributed by atoms with Crippen LogP contribution in [0.25, 0.3) is 0 Å². The summed E-state index contributed by atoms with van der Waals surface area (Å²) in [6.45, 7) is -0.411. The molecule has 1 aromatic carbocycles. The summed E-state index contributed by atoms with van der Waals surface area (Å²) in [7, 11) is 0. The van der Waals surface area contributed by atoms with Crippen molar-refractivity contribution in [1.29, 1.82) is 0 Å². The fraction of sp³-hybridized carbons (Fsp3) is 0.500. The minimum atomic E-state index is -3.86. The topological polar surface area (TPSA) is 141 Å². The Morgan fingerprint density at radius 2 is 1.92 bits per heavy atom. The van der Waals surface area contributed by atoms with Crippen LogP contribution in [0, 0.1) is 0 Å².